The predicted molar refractivity (Wildman–Crippen MR) is 104 cm³/mol. The molecule has 1 N–H and O–H groups in total. The van der Waals surface area contributed by atoms with Crippen LogP contribution in [0.15, 0.2) is 41.8 Å². The summed E-state index contributed by atoms with van der Waals surface area (Å²) in [4.78, 5) is 16.5. The fraction of sp³-hybridized carbons (Fsp3) is 0.200. The van der Waals surface area contributed by atoms with Crippen molar-refractivity contribution in [3.63, 3.8) is 0 Å². The molecule has 2 aromatic carbocycles. The van der Waals surface area contributed by atoms with E-state index in [1.807, 2.05) is 6.07 Å². The Labute approximate surface area is 164 Å². The molecule has 1 amide bonds. The Kier molecular flexibility index (Phi) is 6.20. The summed E-state index contributed by atoms with van der Waals surface area (Å²) in [7, 11) is 3.14. The van der Waals surface area contributed by atoms with Crippen LogP contribution < -0.4 is 14.8 Å². The van der Waals surface area contributed by atoms with Gasteiger partial charge in [0.05, 0.1) is 19.9 Å². The zero-order valence-corrected chi connectivity index (χ0v) is 16.1. The van der Waals surface area contributed by atoms with Crippen LogP contribution in [0.5, 0.6) is 11.5 Å². The van der Waals surface area contributed by atoms with Gasteiger partial charge in [0.1, 0.15) is 11.5 Å². The van der Waals surface area contributed by atoms with E-state index in [9.17, 15) is 13.6 Å². The maximum atomic E-state index is 13.4. The minimum Gasteiger partial charge on any atom is -0.497 e. The third-order valence-electron chi connectivity index (χ3n) is 4.07. The molecule has 0 radical (unpaired) electrons. The Hall–Kier alpha value is -3.00. The number of hydrogen-bond donors (Lipinski definition) is 1. The summed E-state index contributed by atoms with van der Waals surface area (Å²) >= 11 is 1.21. The van der Waals surface area contributed by atoms with Gasteiger partial charge in [-0.25, -0.2) is 13.8 Å². The number of carbonyl (C=O) groups is 1. The zero-order chi connectivity index (χ0) is 20.1. The van der Waals surface area contributed by atoms with E-state index in [2.05, 4.69) is 10.3 Å². The number of anilines is 1. The number of amides is 1. The second-order valence-corrected chi connectivity index (χ2v) is 6.75. The molecule has 0 aliphatic carbocycles. The van der Waals surface area contributed by atoms with Crippen LogP contribution in [0.25, 0.3) is 11.3 Å². The molecule has 0 aliphatic heterocycles. The average Bonchev–Trinajstić information content (AvgIpc) is 3.16. The van der Waals surface area contributed by atoms with Crippen molar-refractivity contribution < 1.29 is 23.0 Å². The number of nitrogens with zero attached hydrogens (tertiary/aromatic N) is 1. The lowest BCUT2D eigenvalue weighted by Crippen LogP contribution is -2.12. The number of benzene rings is 2. The van der Waals surface area contributed by atoms with E-state index < -0.39 is 11.6 Å². The highest BCUT2D eigenvalue weighted by Crippen LogP contribution is 2.27. The van der Waals surface area contributed by atoms with Crippen LogP contribution in [-0.2, 0) is 11.2 Å². The highest BCUT2D eigenvalue weighted by molar-refractivity contribution is 7.14. The van der Waals surface area contributed by atoms with Gasteiger partial charge in [-0.2, -0.15) is 0 Å². The van der Waals surface area contributed by atoms with Crippen molar-refractivity contribution in [2.24, 2.45) is 0 Å². The third-order valence-corrected chi connectivity index (χ3v) is 4.83. The Morgan fingerprint density at radius 3 is 2.64 bits per heavy atom. The predicted octanol–water partition coefficient (Wildman–Crippen LogP) is 4.68. The summed E-state index contributed by atoms with van der Waals surface area (Å²) in [5, 5.41) is 4.79. The van der Waals surface area contributed by atoms with Gasteiger partial charge in [-0.1, -0.05) is 0 Å². The number of halogens is 2. The average molecular weight is 404 g/mol. The van der Waals surface area contributed by atoms with Crippen LogP contribution in [0.2, 0.25) is 0 Å². The number of carbonyl (C=O) groups excluding carboxylic acids is 1. The fourth-order valence-electron chi connectivity index (χ4n) is 2.63. The normalized spacial score (nSPS) is 10.6. The van der Waals surface area contributed by atoms with E-state index in [1.165, 1.54) is 17.4 Å². The zero-order valence-electron chi connectivity index (χ0n) is 15.3. The Balaban J connectivity index is 1.63. The van der Waals surface area contributed by atoms with Gasteiger partial charge in [0, 0.05) is 17.4 Å². The first kappa shape index (κ1) is 19.8. The molecule has 0 saturated carbocycles. The lowest BCUT2D eigenvalue weighted by Gasteiger charge is -2.10. The molecule has 0 bridgehead atoms. The van der Waals surface area contributed by atoms with Crippen molar-refractivity contribution in [1.82, 2.24) is 4.98 Å². The highest BCUT2D eigenvalue weighted by Gasteiger charge is 2.12. The number of ether oxygens (including phenoxy) is 2. The van der Waals surface area contributed by atoms with Crippen molar-refractivity contribution in [3.8, 4) is 22.8 Å². The molecular weight excluding hydrogens is 386 g/mol. The molecule has 0 aliphatic rings. The molecule has 1 heterocycles. The van der Waals surface area contributed by atoms with E-state index >= 15 is 0 Å². The fourth-order valence-corrected chi connectivity index (χ4v) is 3.36. The lowest BCUT2D eigenvalue weighted by molar-refractivity contribution is -0.116. The van der Waals surface area contributed by atoms with Crippen LogP contribution in [0.4, 0.5) is 13.9 Å². The summed E-state index contributed by atoms with van der Waals surface area (Å²) in [6.45, 7) is 0. The molecule has 8 heteroatoms. The van der Waals surface area contributed by atoms with Gasteiger partial charge < -0.3 is 14.8 Å². The van der Waals surface area contributed by atoms with Crippen LogP contribution in [-0.4, -0.2) is 25.1 Å². The first-order valence-electron chi connectivity index (χ1n) is 8.42. The Morgan fingerprint density at radius 1 is 1.11 bits per heavy atom. The van der Waals surface area contributed by atoms with Crippen LogP contribution >= 0.6 is 11.3 Å². The number of rotatable bonds is 7. The number of aryl methyl sites for hydroxylation is 1. The summed E-state index contributed by atoms with van der Waals surface area (Å²) in [6.07, 6.45) is 0.692. The maximum absolute atomic E-state index is 13.4. The molecule has 3 rings (SSSR count). The van der Waals surface area contributed by atoms with Crippen LogP contribution in [0.3, 0.4) is 0 Å². The number of methoxy groups -OCH3 is 2. The smallest absolute Gasteiger partial charge is 0.226 e. The van der Waals surface area contributed by atoms with E-state index in [0.717, 1.165) is 17.7 Å². The molecule has 0 unspecified atom stereocenters. The molecule has 3 aromatic rings. The first-order valence-corrected chi connectivity index (χ1v) is 9.30. The third kappa shape index (κ3) is 4.64. The summed E-state index contributed by atoms with van der Waals surface area (Å²) in [6, 6.07) is 8.97. The topological polar surface area (TPSA) is 60.5 Å². The van der Waals surface area contributed by atoms with Crippen LogP contribution in [0, 0.1) is 11.6 Å². The van der Waals surface area contributed by atoms with Gasteiger partial charge in [-0.3, -0.25) is 4.79 Å². The molecule has 0 saturated heterocycles. The van der Waals surface area contributed by atoms with E-state index in [4.69, 9.17) is 9.47 Å². The summed E-state index contributed by atoms with van der Waals surface area (Å²) in [5.74, 6) is -0.698. The van der Waals surface area contributed by atoms with Gasteiger partial charge in [0.15, 0.2) is 16.8 Å². The van der Waals surface area contributed by atoms with Gasteiger partial charge in [0.2, 0.25) is 5.91 Å². The van der Waals surface area contributed by atoms with E-state index in [-0.39, 0.29) is 12.3 Å². The SMILES string of the molecule is COc1ccc(OC)c(CCC(=O)Nc2nc(-c3ccc(F)c(F)c3)cs2)c1. The van der Waals surface area contributed by atoms with Crippen LogP contribution in [0.1, 0.15) is 12.0 Å². The van der Waals surface area contributed by atoms with Gasteiger partial charge in [-0.05, 0) is 48.4 Å². The molecule has 0 atom stereocenters. The highest BCUT2D eigenvalue weighted by atomic mass is 32.1. The second kappa shape index (κ2) is 8.79. The first-order chi connectivity index (χ1) is 13.5. The molecule has 1 aromatic heterocycles. The lowest BCUT2D eigenvalue weighted by atomic mass is 10.1. The molecule has 0 spiro atoms. The van der Waals surface area contributed by atoms with E-state index in [0.29, 0.717) is 34.3 Å². The maximum Gasteiger partial charge on any atom is 0.226 e. The number of thiazole rings is 1. The van der Waals surface area contributed by atoms with Gasteiger partial charge in [-0.15, -0.1) is 11.3 Å². The molecular formula is C20H18F2N2O3S. The Bertz CT molecular complexity index is 991. The number of aromatic nitrogens is 1. The second-order valence-electron chi connectivity index (χ2n) is 5.89. The summed E-state index contributed by atoms with van der Waals surface area (Å²) in [5.41, 5.74) is 1.77. The quantitative estimate of drug-likeness (QED) is 0.621. The molecule has 146 valence electrons. The summed E-state index contributed by atoms with van der Waals surface area (Å²) < 4.78 is 36.9. The molecule has 28 heavy (non-hydrogen) atoms. The van der Waals surface area contributed by atoms with Crippen molar-refractivity contribution in [2.45, 2.75) is 12.8 Å². The molecule has 5 nitrogen and oxygen atoms in total. The van der Waals surface area contributed by atoms with Crippen molar-refractivity contribution in [1.29, 1.82) is 0 Å². The number of nitrogens with one attached hydrogen (secondary N) is 1. The minimum atomic E-state index is -0.941. The van der Waals surface area contributed by atoms with E-state index in [1.54, 1.807) is 31.7 Å². The van der Waals surface area contributed by atoms with Gasteiger partial charge in [0.25, 0.3) is 0 Å². The van der Waals surface area contributed by atoms with Crippen molar-refractivity contribution >= 4 is 22.4 Å². The number of hydrogen-bond acceptors (Lipinski definition) is 5. The molecule has 0 fully saturated rings. The van der Waals surface area contributed by atoms with Gasteiger partial charge >= 0.3 is 0 Å². The largest absolute Gasteiger partial charge is 0.497 e. The van der Waals surface area contributed by atoms with Crippen molar-refractivity contribution in [2.75, 3.05) is 19.5 Å². The minimum absolute atomic E-state index is 0.212. The van der Waals surface area contributed by atoms with Crippen molar-refractivity contribution in [3.05, 3.63) is 59.0 Å². The Morgan fingerprint density at radius 2 is 1.93 bits per heavy atom. The standard InChI is InChI=1S/C20H18F2N2O3S/c1-26-14-5-7-18(27-2)13(9-14)4-8-19(25)24-20-23-17(11-28-20)12-3-6-15(21)16(22)10-12/h3,5-7,9-11H,4,8H2,1-2H3,(H,23,24,25). The monoisotopic (exact) mass is 404 g/mol.